The van der Waals surface area contributed by atoms with Gasteiger partial charge in [-0.05, 0) is 68.1 Å². The van der Waals surface area contributed by atoms with Crippen LogP contribution in [0.4, 0.5) is 14.0 Å². The number of rotatable bonds is 7. The van der Waals surface area contributed by atoms with Crippen LogP contribution < -0.4 is 4.74 Å². The molecule has 2 aliphatic rings. The molecule has 0 N–H and O–H groups in total. The number of carbonyl (C=O) groups excluding carboxylic acids is 3. The predicted octanol–water partition coefficient (Wildman–Crippen LogP) is 7.00. The summed E-state index contributed by atoms with van der Waals surface area (Å²) in [6.07, 6.45) is -0.434. The fourth-order valence-corrected chi connectivity index (χ4v) is 5.89. The highest BCUT2D eigenvalue weighted by atomic mass is 19.1. The summed E-state index contributed by atoms with van der Waals surface area (Å²) >= 11 is 0. The number of piperazine rings is 1. The van der Waals surface area contributed by atoms with Crippen molar-refractivity contribution in [3.05, 3.63) is 89.7 Å². The van der Waals surface area contributed by atoms with Crippen molar-refractivity contribution in [2.45, 2.75) is 65.4 Å². The fraction of sp³-hybridized carbons (Fsp3) is 0.432. The van der Waals surface area contributed by atoms with Gasteiger partial charge in [0, 0.05) is 43.7 Å². The normalized spacial score (nSPS) is 18.3. The van der Waals surface area contributed by atoms with Crippen molar-refractivity contribution in [3.8, 4) is 16.9 Å². The molecule has 0 bridgehead atoms. The zero-order chi connectivity index (χ0) is 33.7. The van der Waals surface area contributed by atoms with Crippen LogP contribution in [0.3, 0.4) is 0 Å². The Morgan fingerprint density at radius 1 is 0.872 bits per heavy atom. The van der Waals surface area contributed by atoms with Gasteiger partial charge >= 0.3 is 12.2 Å². The van der Waals surface area contributed by atoms with Crippen molar-refractivity contribution < 1.29 is 33.0 Å². The lowest BCUT2D eigenvalue weighted by Gasteiger charge is -2.43. The summed E-state index contributed by atoms with van der Waals surface area (Å²) in [5, 5.41) is 0. The van der Waals surface area contributed by atoms with Gasteiger partial charge in [-0.3, -0.25) is 4.79 Å². The lowest BCUT2D eigenvalue weighted by molar-refractivity contribution is 0.0269. The summed E-state index contributed by atoms with van der Waals surface area (Å²) in [5.41, 5.74) is 2.12. The number of carbonyl (C=O) groups is 3. The van der Waals surface area contributed by atoms with Crippen molar-refractivity contribution in [3.63, 3.8) is 0 Å². The third-order valence-corrected chi connectivity index (χ3v) is 8.38. The van der Waals surface area contributed by atoms with Crippen molar-refractivity contribution in [1.29, 1.82) is 0 Å². The number of hydrogen-bond donors (Lipinski definition) is 0. The Labute approximate surface area is 276 Å². The molecule has 3 aromatic carbocycles. The van der Waals surface area contributed by atoms with E-state index in [4.69, 9.17) is 14.2 Å². The Balaban J connectivity index is 1.32. The number of halogens is 1. The van der Waals surface area contributed by atoms with Crippen LogP contribution in [0.25, 0.3) is 11.1 Å². The second-order valence-corrected chi connectivity index (χ2v) is 13.5. The molecule has 3 amide bonds. The van der Waals surface area contributed by atoms with Crippen LogP contribution in [-0.2, 0) is 16.1 Å². The molecule has 2 saturated heterocycles. The Morgan fingerprint density at radius 2 is 1.57 bits per heavy atom. The van der Waals surface area contributed by atoms with Crippen LogP contribution in [0.15, 0.2) is 72.8 Å². The second kappa shape index (κ2) is 14.4. The van der Waals surface area contributed by atoms with Crippen molar-refractivity contribution in [2.24, 2.45) is 5.92 Å². The third kappa shape index (κ3) is 8.61. The summed E-state index contributed by atoms with van der Waals surface area (Å²) in [6.45, 7) is 11.7. The summed E-state index contributed by atoms with van der Waals surface area (Å²) in [5.74, 6) is 0.0915. The third-order valence-electron chi connectivity index (χ3n) is 8.38. The van der Waals surface area contributed by atoms with Gasteiger partial charge in [0.25, 0.3) is 5.91 Å². The first-order valence-corrected chi connectivity index (χ1v) is 16.2. The maximum Gasteiger partial charge on any atom is 0.410 e. The monoisotopic (exact) mass is 645 g/mol. The maximum absolute atomic E-state index is 14.1. The molecule has 2 aliphatic heterocycles. The highest BCUT2D eigenvalue weighted by Crippen LogP contribution is 2.34. The van der Waals surface area contributed by atoms with Gasteiger partial charge in [0.1, 0.15) is 29.9 Å². The molecule has 2 atom stereocenters. The largest absolute Gasteiger partial charge is 0.488 e. The standard InChI is InChI=1S/C37H44FN3O6/c1-25(2)32-23-40(35(43)45-24-26-9-7-6-8-10-26)19-20-41(32)34(42)28-13-16-33(31(21-28)27-11-14-29(38)15-12-27)46-30-17-18-39(22-30)36(44)47-37(3,4)5/h6-16,21,25,30,32H,17-20,22-24H2,1-5H3/t30-,32+/m0/s1. The number of ether oxygens (including phenoxy) is 3. The molecule has 3 aromatic rings. The van der Waals surface area contributed by atoms with E-state index in [0.717, 1.165) is 5.56 Å². The molecule has 2 heterocycles. The van der Waals surface area contributed by atoms with Gasteiger partial charge < -0.3 is 28.9 Å². The van der Waals surface area contributed by atoms with Crippen LogP contribution in [-0.4, -0.2) is 83.3 Å². The van der Waals surface area contributed by atoms with E-state index < -0.39 is 11.7 Å². The average molecular weight is 646 g/mol. The summed E-state index contributed by atoms with van der Waals surface area (Å²) < 4.78 is 31.4. The Morgan fingerprint density at radius 3 is 2.26 bits per heavy atom. The minimum absolute atomic E-state index is 0.0816. The van der Waals surface area contributed by atoms with Gasteiger partial charge in [-0.2, -0.15) is 0 Å². The highest BCUT2D eigenvalue weighted by Gasteiger charge is 2.36. The van der Waals surface area contributed by atoms with Crippen LogP contribution in [0, 0.1) is 11.7 Å². The van der Waals surface area contributed by atoms with E-state index in [2.05, 4.69) is 0 Å². The number of benzene rings is 3. The van der Waals surface area contributed by atoms with Crippen LogP contribution in [0.5, 0.6) is 5.75 Å². The molecular formula is C37H44FN3O6. The van der Waals surface area contributed by atoms with Gasteiger partial charge in [0.2, 0.25) is 0 Å². The van der Waals surface area contributed by atoms with E-state index >= 15 is 0 Å². The van der Waals surface area contributed by atoms with E-state index in [1.165, 1.54) is 12.1 Å². The fourth-order valence-electron chi connectivity index (χ4n) is 5.89. The molecule has 0 spiro atoms. The van der Waals surface area contributed by atoms with Gasteiger partial charge in [-0.1, -0.05) is 56.3 Å². The summed E-state index contributed by atoms with van der Waals surface area (Å²) in [4.78, 5) is 44.7. The van der Waals surface area contributed by atoms with E-state index in [9.17, 15) is 18.8 Å². The van der Waals surface area contributed by atoms with Crippen LogP contribution in [0.1, 0.15) is 57.0 Å². The maximum atomic E-state index is 14.1. The lowest BCUT2D eigenvalue weighted by Crippen LogP contribution is -2.58. The van der Waals surface area contributed by atoms with Crippen molar-refractivity contribution in [1.82, 2.24) is 14.7 Å². The zero-order valence-electron chi connectivity index (χ0n) is 27.8. The van der Waals surface area contributed by atoms with Crippen LogP contribution in [0.2, 0.25) is 0 Å². The lowest BCUT2D eigenvalue weighted by atomic mass is 9.97. The highest BCUT2D eigenvalue weighted by molar-refractivity contribution is 5.96. The first-order valence-electron chi connectivity index (χ1n) is 16.2. The van der Waals surface area contributed by atoms with E-state index in [1.807, 2.05) is 69.9 Å². The smallest absolute Gasteiger partial charge is 0.410 e. The minimum Gasteiger partial charge on any atom is -0.488 e. The first-order chi connectivity index (χ1) is 22.4. The molecule has 47 heavy (non-hydrogen) atoms. The van der Waals surface area contributed by atoms with Gasteiger partial charge in [0.05, 0.1) is 12.6 Å². The van der Waals surface area contributed by atoms with E-state index in [-0.39, 0.29) is 42.5 Å². The molecular weight excluding hydrogens is 601 g/mol. The molecule has 250 valence electrons. The molecule has 5 rings (SSSR count). The molecule has 0 saturated carbocycles. The second-order valence-electron chi connectivity index (χ2n) is 13.5. The molecule has 0 unspecified atom stereocenters. The molecule has 0 aliphatic carbocycles. The minimum atomic E-state index is -0.596. The van der Waals surface area contributed by atoms with E-state index in [0.29, 0.717) is 61.6 Å². The summed E-state index contributed by atoms with van der Waals surface area (Å²) in [6, 6.07) is 20.7. The zero-order valence-corrected chi connectivity index (χ0v) is 27.8. The number of hydrogen-bond acceptors (Lipinski definition) is 6. The Kier molecular flexibility index (Phi) is 10.4. The average Bonchev–Trinajstić information content (AvgIpc) is 3.52. The SMILES string of the molecule is CC(C)[C@H]1CN(C(=O)OCc2ccccc2)CCN1C(=O)c1ccc(O[C@H]2CCN(C(=O)OC(C)(C)C)C2)c(-c2ccc(F)cc2)c1. The number of amides is 3. The van der Waals surface area contributed by atoms with E-state index in [1.54, 1.807) is 40.1 Å². The molecule has 0 aromatic heterocycles. The van der Waals surface area contributed by atoms with Crippen LogP contribution >= 0.6 is 0 Å². The van der Waals surface area contributed by atoms with Crippen molar-refractivity contribution >= 4 is 18.1 Å². The number of nitrogens with zero attached hydrogens (tertiary/aromatic N) is 3. The van der Waals surface area contributed by atoms with Gasteiger partial charge in [0.15, 0.2) is 0 Å². The Hall–Kier alpha value is -4.60. The molecule has 2 fully saturated rings. The van der Waals surface area contributed by atoms with Gasteiger partial charge in [-0.15, -0.1) is 0 Å². The molecule has 9 nitrogen and oxygen atoms in total. The first kappa shape index (κ1) is 33.8. The molecule has 10 heteroatoms. The topological polar surface area (TPSA) is 88.6 Å². The van der Waals surface area contributed by atoms with Gasteiger partial charge in [-0.25, -0.2) is 14.0 Å². The quantitative estimate of drug-likeness (QED) is 0.275. The van der Waals surface area contributed by atoms with Crippen molar-refractivity contribution in [2.75, 3.05) is 32.7 Å². The summed E-state index contributed by atoms with van der Waals surface area (Å²) in [7, 11) is 0. The molecule has 0 radical (unpaired) electrons. The predicted molar refractivity (Wildman–Crippen MR) is 177 cm³/mol. The number of likely N-dealkylation sites (tertiary alicyclic amines) is 1. The Bertz CT molecular complexity index is 1560.